The Morgan fingerprint density at radius 2 is 1.76 bits per heavy atom. The van der Waals surface area contributed by atoms with Crippen molar-refractivity contribution in [3.63, 3.8) is 0 Å². The van der Waals surface area contributed by atoms with Crippen LogP contribution in [0.4, 0.5) is 5.69 Å². The Balaban J connectivity index is 1.51. The molecule has 0 unspecified atom stereocenters. The van der Waals surface area contributed by atoms with Crippen LogP contribution in [0.2, 0.25) is 0 Å². The van der Waals surface area contributed by atoms with Gasteiger partial charge in [-0.2, -0.15) is 5.10 Å². The van der Waals surface area contributed by atoms with Crippen molar-refractivity contribution < 1.29 is 22.4 Å². The van der Waals surface area contributed by atoms with Crippen molar-refractivity contribution in [2.45, 2.75) is 25.3 Å². The number of para-hydroxylation sites is 1. The van der Waals surface area contributed by atoms with Gasteiger partial charge >= 0.3 is 0 Å². The number of nitrogens with zero attached hydrogens (tertiary/aromatic N) is 2. The van der Waals surface area contributed by atoms with E-state index >= 15 is 0 Å². The van der Waals surface area contributed by atoms with Gasteiger partial charge < -0.3 is 9.73 Å². The molecule has 0 bridgehead atoms. The highest BCUT2D eigenvalue weighted by atomic mass is 32.2. The lowest BCUT2D eigenvalue weighted by molar-refractivity contribution is -0.112. The molecule has 0 atom stereocenters. The van der Waals surface area contributed by atoms with Crippen LogP contribution in [0.25, 0.3) is 5.69 Å². The molecule has 2 heterocycles. The highest BCUT2D eigenvalue weighted by Crippen LogP contribution is 2.20. The summed E-state index contributed by atoms with van der Waals surface area (Å²) in [6.07, 6.45) is 1.45. The third-order valence-corrected chi connectivity index (χ3v) is 6.54. The van der Waals surface area contributed by atoms with Gasteiger partial charge in [-0.05, 0) is 56.3 Å². The lowest BCUT2D eigenvalue weighted by Gasteiger charge is -2.09. The van der Waals surface area contributed by atoms with E-state index in [1.54, 1.807) is 30.7 Å². The summed E-state index contributed by atoms with van der Waals surface area (Å²) in [4.78, 5) is 25.6. The number of ketones is 1. The molecule has 10 heteroatoms. The van der Waals surface area contributed by atoms with Crippen molar-refractivity contribution in [3.8, 4) is 5.69 Å². The van der Waals surface area contributed by atoms with Gasteiger partial charge in [-0.25, -0.2) is 17.8 Å². The zero-order chi connectivity index (χ0) is 24.3. The zero-order valence-corrected chi connectivity index (χ0v) is 19.3. The summed E-state index contributed by atoms with van der Waals surface area (Å²) in [5, 5.41) is 6.89. The molecule has 0 fully saturated rings. The van der Waals surface area contributed by atoms with E-state index in [4.69, 9.17) is 4.42 Å². The average molecular weight is 479 g/mol. The molecule has 1 amide bonds. The van der Waals surface area contributed by atoms with Crippen molar-refractivity contribution >= 4 is 27.4 Å². The fourth-order valence-electron chi connectivity index (χ4n) is 3.50. The fourth-order valence-corrected chi connectivity index (χ4v) is 4.54. The van der Waals surface area contributed by atoms with Gasteiger partial charge in [0.1, 0.15) is 5.76 Å². The van der Waals surface area contributed by atoms with Crippen LogP contribution in [0.3, 0.4) is 0 Å². The molecular formula is C24H22N4O5S. The molecule has 2 N–H and O–H groups in total. The van der Waals surface area contributed by atoms with Crippen molar-refractivity contribution in [3.05, 3.63) is 95.7 Å². The van der Waals surface area contributed by atoms with Crippen LogP contribution < -0.4 is 10.0 Å². The zero-order valence-electron chi connectivity index (χ0n) is 18.5. The predicted molar refractivity (Wildman–Crippen MR) is 125 cm³/mol. The monoisotopic (exact) mass is 478 g/mol. The number of hydrogen-bond donors (Lipinski definition) is 2. The Hall–Kier alpha value is -4.02. The van der Waals surface area contributed by atoms with Gasteiger partial charge in [0.15, 0.2) is 0 Å². The summed E-state index contributed by atoms with van der Waals surface area (Å²) >= 11 is 0. The van der Waals surface area contributed by atoms with Crippen molar-refractivity contribution in [1.82, 2.24) is 14.5 Å². The second-order valence-corrected chi connectivity index (χ2v) is 9.28. The first-order valence-electron chi connectivity index (χ1n) is 10.4. The molecule has 2 aromatic heterocycles. The number of hydrogen-bond acceptors (Lipinski definition) is 6. The molecule has 34 heavy (non-hydrogen) atoms. The highest BCUT2D eigenvalue weighted by molar-refractivity contribution is 7.89. The number of nitrogens with one attached hydrogen (secondary N) is 2. The van der Waals surface area contributed by atoms with Gasteiger partial charge in [0, 0.05) is 5.69 Å². The van der Waals surface area contributed by atoms with E-state index in [2.05, 4.69) is 15.1 Å². The molecule has 0 aliphatic rings. The molecule has 2 aromatic carbocycles. The van der Waals surface area contributed by atoms with E-state index in [1.165, 1.54) is 30.5 Å². The minimum Gasteiger partial charge on any atom is -0.468 e. The normalized spacial score (nSPS) is 11.4. The van der Waals surface area contributed by atoms with E-state index in [1.807, 2.05) is 30.3 Å². The lowest BCUT2D eigenvalue weighted by Crippen LogP contribution is -2.25. The highest BCUT2D eigenvalue weighted by Gasteiger charge is 2.25. The number of Topliss-reactive ketones (excluding diaryl/α,β-unsaturated/α-hetero) is 1. The average Bonchev–Trinajstić information content (AvgIpc) is 3.45. The van der Waals surface area contributed by atoms with Crippen LogP contribution in [-0.4, -0.2) is 29.9 Å². The molecule has 0 aliphatic heterocycles. The fraction of sp³-hybridized carbons (Fsp3) is 0.125. The van der Waals surface area contributed by atoms with Crippen LogP contribution in [0.5, 0.6) is 0 Å². The predicted octanol–water partition coefficient (Wildman–Crippen LogP) is 3.38. The van der Waals surface area contributed by atoms with Crippen molar-refractivity contribution in [1.29, 1.82) is 0 Å². The van der Waals surface area contributed by atoms with Gasteiger partial charge in [-0.3, -0.25) is 9.59 Å². The first kappa shape index (κ1) is 23.1. The standard InChI is InChI=1S/C24H22N4O5S/c1-16-22(17(2)28(27-16)19-9-4-3-5-10-19)23(29)24(30)26-18-8-6-12-21(14-18)34(31,32)25-15-20-11-7-13-33-20/h3-14,25H,15H2,1-2H3,(H,26,30). The minimum atomic E-state index is -3.87. The number of sulfonamides is 1. The molecule has 0 radical (unpaired) electrons. The van der Waals surface area contributed by atoms with E-state index in [0.29, 0.717) is 17.1 Å². The molecule has 0 aliphatic carbocycles. The first-order chi connectivity index (χ1) is 16.3. The summed E-state index contributed by atoms with van der Waals surface area (Å²) in [6.45, 7) is 3.35. The van der Waals surface area contributed by atoms with Gasteiger partial charge in [0.05, 0.1) is 40.3 Å². The van der Waals surface area contributed by atoms with Crippen LogP contribution >= 0.6 is 0 Å². The maximum Gasteiger partial charge on any atom is 0.296 e. The molecule has 0 saturated heterocycles. The van der Waals surface area contributed by atoms with Gasteiger partial charge in [0.25, 0.3) is 11.7 Å². The lowest BCUT2D eigenvalue weighted by atomic mass is 10.1. The molecule has 4 aromatic rings. The number of amides is 1. The smallest absolute Gasteiger partial charge is 0.296 e. The summed E-state index contributed by atoms with van der Waals surface area (Å²) in [7, 11) is -3.87. The maximum absolute atomic E-state index is 12.9. The second-order valence-electron chi connectivity index (χ2n) is 7.51. The minimum absolute atomic E-state index is 0.0195. The summed E-state index contributed by atoms with van der Waals surface area (Å²) in [5.74, 6) is -1.20. The number of aromatic nitrogens is 2. The first-order valence-corrected chi connectivity index (χ1v) is 11.8. The summed E-state index contributed by atoms with van der Waals surface area (Å²) < 4.78 is 34.4. The van der Waals surface area contributed by atoms with Crippen LogP contribution in [-0.2, 0) is 21.4 Å². The topological polar surface area (TPSA) is 123 Å². The van der Waals surface area contributed by atoms with E-state index in [9.17, 15) is 18.0 Å². The number of rotatable bonds is 8. The van der Waals surface area contributed by atoms with E-state index in [0.717, 1.165) is 5.69 Å². The number of aryl methyl sites for hydroxylation is 1. The third-order valence-electron chi connectivity index (χ3n) is 5.14. The number of carbonyl (C=O) groups is 2. The van der Waals surface area contributed by atoms with Crippen LogP contribution in [0, 0.1) is 13.8 Å². The summed E-state index contributed by atoms with van der Waals surface area (Å²) in [5.41, 5.74) is 2.08. The van der Waals surface area contributed by atoms with E-state index in [-0.39, 0.29) is 22.7 Å². The Morgan fingerprint density at radius 1 is 1.00 bits per heavy atom. The van der Waals surface area contributed by atoms with Gasteiger partial charge in [-0.1, -0.05) is 24.3 Å². The number of furan rings is 1. The number of carbonyl (C=O) groups excluding carboxylic acids is 2. The Bertz CT molecular complexity index is 1440. The Labute approximate surface area is 196 Å². The summed E-state index contributed by atoms with van der Waals surface area (Å²) in [6, 6.07) is 18.2. The van der Waals surface area contributed by atoms with Crippen molar-refractivity contribution in [2.24, 2.45) is 0 Å². The second kappa shape index (κ2) is 9.46. The third kappa shape index (κ3) is 4.82. The molecule has 174 valence electrons. The molecule has 0 spiro atoms. The molecule has 9 nitrogen and oxygen atoms in total. The van der Waals surface area contributed by atoms with Gasteiger partial charge in [-0.15, -0.1) is 0 Å². The van der Waals surface area contributed by atoms with Crippen molar-refractivity contribution in [2.75, 3.05) is 5.32 Å². The number of anilines is 1. The quantitative estimate of drug-likeness (QED) is 0.296. The Kier molecular flexibility index (Phi) is 6.44. The number of benzene rings is 2. The largest absolute Gasteiger partial charge is 0.468 e. The molecule has 4 rings (SSSR count). The molecule has 0 saturated carbocycles. The SMILES string of the molecule is Cc1nn(-c2ccccc2)c(C)c1C(=O)C(=O)Nc1cccc(S(=O)(=O)NCc2ccco2)c1. The Morgan fingerprint density at radius 3 is 2.47 bits per heavy atom. The van der Waals surface area contributed by atoms with Crippen LogP contribution in [0.1, 0.15) is 27.5 Å². The molecular weight excluding hydrogens is 456 g/mol. The van der Waals surface area contributed by atoms with Crippen LogP contribution in [0.15, 0.2) is 82.3 Å². The van der Waals surface area contributed by atoms with E-state index < -0.39 is 21.7 Å². The maximum atomic E-state index is 12.9. The van der Waals surface area contributed by atoms with Gasteiger partial charge in [0.2, 0.25) is 10.0 Å².